The number of carbonyl (C=O) groups is 1. The molecule has 0 unspecified atom stereocenters. The van der Waals surface area contributed by atoms with E-state index in [2.05, 4.69) is 10.5 Å². The Morgan fingerprint density at radius 2 is 2.18 bits per heavy atom. The first-order chi connectivity index (χ1) is 4.75. The molecule has 1 amide bonds. The van der Waals surface area contributed by atoms with E-state index in [1.807, 2.05) is 0 Å². The van der Waals surface area contributed by atoms with Crippen LogP contribution >= 0.6 is 12.4 Å². The molecule has 0 aromatic heterocycles. The summed E-state index contributed by atoms with van der Waals surface area (Å²) in [7, 11) is 0. The van der Waals surface area contributed by atoms with Gasteiger partial charge in [-0.2, -0.15) is 0 Å². The van der Waals surface area contributed by atoms with Crippen LogP contribution in [0.3, 0.4) is 0 Å². The lowest BCUT2D eigenvalue weighted by Crippen LogP contribution is -2.30. The van der Waals surface area contributed by atoms with Gasteiger partial charge in [-0.05, 0) is 5.18 Å². The number of nitrogens with zero attached hydrogens (tertiary/aromatic N) is 1. The molecule has 1 rings (SSSR count). The van der Waals surface area contributed by atoms with Gasteiger partial charge in [-0.15, -0.1) is 17.3 Å². The fourth-order valence-electron chi connectivity index (χ4n) is 0.722. The summed E-state index contributed by atoms with van der Waals surface area (Å²) in [6.45, 7) is 0.365. The molecule has 0 aromatic carbocycles. The Bertz CT molecular complexity index is 214. The number of hydrogen-bond donors (Lipinski definition) is 2. The zero-order valence-corrected chi connectivity index (χ0v) is 6.35. The molecule has 0 atom stereocenters. The Kier molecular flexibility index (Phi) is 3.53. The molecule has 2 N–H and O–H groups in total. The van der Waals surface area contributed by atoms with Gasteiger partial charge in [-0.1, -0.05) is 0 Å². The van der Waals surface area contributed by atoms with E-state index < -0.39 is 11.6 Å². The van der Waals surface area contributed by atoms with Crippen LogP contribution in [0.5, 0.6) is 0 Å². The van der Waals surface area contributed by atoms with E-state index in [0.717, 1.165) is 0 Å². The Morgan fingerprint density at radius 1 is 1.55 bits per heavy atom. The van der Waals surface area contributed by atoms with E-state index in [-0.39, 0.29) is 24.6 Å². The minimum atomic E-state index is -0.598. The quantitative estimate of drug-likeness (QED) is 0.573. The van der Waals surface area contributed by atoms with Crippen molar-refractivity contribution in [2.75, 3.05) is 6.54 Å². The first kappa shape index (κ1) is 9.90. The van der Waals surface area contributed by atoms with Crippen molar-refractivity contribution in [3.8, 4) is 0 Å². The zero-order valence-electron chi connectivity index (χ0n) is 5.53. The molecular formula is C5H7ClN2O3. The molecule has 11 heavy (non-hydrogen) atoms. The van der Waals surface area contributed by atoms with Crippen molar-refractivity contribution < 1.29 is 9.90 Å². The van der Waals surface area contributed by atoms with Crippen LogP contribution in [0.1, 0.15) is 6.42 Å². The highest BCUT2D eigenvalue weighted by Gasteiger charge is 2.19. The minimum absolute atomic E-state index is 0. The van der Waals surface area contributed by atoms with Crippen molar-refractivity contribution in [2.45, 2.75) is 6.42 Å². The molecular weight excluding hydrogens is 172 g/mol. The minimum Gasteiger partial charge on any atom is -0.510 e. The van der Waals surface area contributed by atoms with Gasteiger partial charge in [0.2, 0.25) is 5.70 Å². The third-order valence-electron chi connectivity index (χ3n) is 1.23. The zero-order chi connectivity index (χ0) is 7.56. The predicted octanol–water partition coefficient (Wildman–Crippen LogP) is 0.464. The van der Waals surface area contributed by atoms with Gasteiger partial charge in [-0.3, -0.25) is 4.79 Å². The molecule has 6 heteroatoms. The third-order valence-corrected chi connectivity index (χ3v) is 1.23. The molecule has 0 aromatic rings. The van der Waals surface area contributed by atoms with Crippen molar-refractivity contribution in [1.82, 2.24) is 5.32 Å². The standard InChI is InChI=1S/C5H6N2O3.ClH/c8-3-1-2-6-5(9)4(3)7-10;/h8H,1-2H2,(H,6,9);1H. The summed E-state index contributed by atoms with van der Waals surface area (Å²) < 4.78 is 0. The van der Waals surface area contributed by atoms with Crippen molar-refractivity contribution in [3.05, 3.63) is 16.4 Å². The number of rotatable bonds is 1. The van der Waals surface area contributed by atoms with Crippen LogP contribution in [-0.4, -0.2) is 17.6 Å². The average Bonchev–Trinajstić information content (AvgIpc) is 1.88. The summed E-state index contributed by atoms with van der Waals surface area (Å²) in [5.74, 6) is -0.822. The lowest BCUT2D eigenvalue weighted by Gasteiger charge is -2.10. The molecule has 1 aliphatic rings. The molecule has 0 aliphatic carbocycles. The first-order valence-electron chi connectivity index (χ1n) is 2.79. The van der Waals surface area contributed by atoms with Gasteiger partial charge < -0.3 is 10.4 Å². The molecule has 1 aliphatic heterocycles. The van der Waals surface area contributed by atoms with Crippen molar-refractivity contribution >= 4 is 18.3 Å². The van der Waals surface area contributed by atoms with E-state index >= 15 is 0 Å². The Morgan fingerprint density at radius 3 is 2.55 bits per heavy atom. The maximum Gasteiger partial charge on any atom is 0.277 e. The molecule has 0 saturated heterocycles. The molecule has 1 heterocycles. The summed E-state index contributed by atoms with van der Waals surface area (Å²) >= 11 is 0. The molecule has 0 fully saturated rings. The van der Waals surface area contributed by atoms with E-state index in [4.69, 9.17) is 5.11 Å². The van der Waals surface area contributed by atoms with E-state index in [9.17, 15) is 9.70 Å². The molecule has 0 spiro atoms. The van der Waals surface area contributed by atoms with Crippen LogP contribution in [0, 0.1) is 4.91 Å². The summed E-state index contributed by atoms with van der Waals surface area (Å²) in [6, 6.07) is 0. The summed E-state index contributed by atoms with van der Waals surface area (Å²) in [5, 5.41) is 13.6. The van der Waals surface area contributed by atoms with Crippen LogP contribution in [-0.2, 0) is 4.79 Å². The van der Waals surface area contributed by atoms with E-state index in [1.54, 1.807) is 0 Å². The van der Waals surface area contributed by atoms with Crippen LogP contribution in [0.15, 0.2) is 16.6 Å². The van der Waals surface area contributed by atoms with Crippen LogP contribution in [0.4, 0.5) is 0 Å². The lowest BCUT2D eigenvalue weighted by atomic mass is 10.2. The average molecular weight is 179 g/mol. The van der Waals surface area contributed by atoms with Crippen LogP contribution in [0.2, 0.25) is 0 Å². The summed E-state index contributed by atoms with van der Waals surface area (Å²) in [6.07, 6.45) is 0.285. The van der Waals surface area contributed by atoms with Crippen LogP contribution in [0.25, 0.3) is 0 Å². The van der Waals surface area contributed by atoms with Gasteiger partial charge in [0.15, 0.2) is 0 Å². The molecule has 5 nitrogen and oxygen atoms in total. The number of nitroso groups, excluding NO2 is 1. The Hall–Kier alpha value is -1.10. The second-order valence-electron chi connectivity index (χ2n) is 1.89. The smallest absolute Gasteiger partial charge is 0.277 e. The van der Waals surface area contributed by atoms with Gasteiger partial charge in [-0.25, -0.2) is 0 Å². The number of carbonyl (C=O) groups excluding carboxylic acids is 1. The third kappa shape index (κ3) is 1.91. The number of nitrogens with one attached hydrogen (secondary N) is 1. The fraction of sp³-hybridized carbons (Fsp3) is 0.400. The number of aliphatic hydroxyl groups excluding tert-OH is 1. The van der Waals surface area contributed by atoms with Gasteiger partial charge in [0.25, 0.3) is 5.91 Å². The highest BCUT2D eigenvalue weighted by Crippen LogP contribution is 2.10. The van der Waals surface area contributed by atoms with Crippen molar-refractivity contribution in [3.63, 3.8) is 0 Å². The highest BCUT2D eigenvalue weighted by atomic mass is 35.5. The van der Waals surface area contributed by atoms with Crippen molar-refractivity contribution in [2.24, 2.45) is 5.18 Å². The highest BCUT2D eigenvalue weighted by molar-refractivity contribution is 5.94. The lowest BCUT2D eigenvalue weighted by molar-refractivity contribution is -0.118. The normalized spacial score (nSPS) is 16.9. The Labute approximate surface area is 68.9 Å². The van der Waals surface area contributed by atoms with Gasteiger partial charge in [0.05, 0.1) is 0 Å². The summed E-state index contributed by atoms with van der Waals surface area (Å²) in [5.41, 5.74) is -0.397. The maximum atomic E-state index is 10.6. The second kappa shape index (κ2) is 3.92. The SMILES string of the molecule is Cl.O=NC1=C(O)CCNC1=O. The molecule has 62 valence electrons. The predicted molar refractivity (Wildman–Crippen MR) is 40.3 cm³/mol. The first-order valence-corrected chi connectivity index (χ1v) is 2.79. The molecule has 0 radical (unpaired) electrons. The number of hydrogen-bond acceptors (Lipinski definition) is 4. The Balaban J connectivity index is 0.000001000. The largest absolute Gasteiger partial charge is 0.510 e. The van der Waals surface area contributed by atoms with Crippen molar-refractivity contribution in [1.29, 1.82) is 0 Å². The number of amides is 1. The fourth-order valence-corrected chi connectivity index (χ4v) is 0.722. The second-order valence-corrected chi connectivity index (χ2v) is 1.89. The van der Waals surface area contributed by atoms with E-state index in [1.165, 1.54) is 0 Å². The van der Waals surface area contributed by atoms with Gasteiger partial charge in [0, 0.05) is 13.0 Å². The molecule has 0 bridgehead atoms. The molecule has 0 saturated carbocycles. The topological polar surface area (TPSA) is 78.8 Å². The monoisotopic (exact) mass is 178 g/mol. The number of halogens is 1. The van der Waals surface area contributed by atoms with E-state index in [0.29, 0.717) is 6.54 Å². The van der Waals surface area contributed by atoms with Gasteiger partial charge in [0.1, 0.15) is 5.76 Å². The maximum absolute atomic E-state index is 10.6. The number of aliphatic hydroxyl groups is 1. The summed E-state index contributed by atoms with van der Waals surface area (Å²) in [4.78, 5) is 20.5. The van der Waals surface area contributed by atoms with Crippen LogP contribution < -0.4 is 5.32 Å². The van der Waals surface area contributed by atoms with Gasteiger partial charge >= 0.3 is 0 Å².